The molecule has 0 heterocycles. The molecule has 1 atom stereocenters. The van der Waals surface area contributed by atoms with Crippen molar-refractivity contribution in [3.05, 3.63) is 53.6 Å². The standard InChI is InChI=1S/C21H22F3NO3/c1-25(2)19(26)9-5-6-12-28-14-10-11-16-15-7-3-4-8-17(15)20(27,18(16)13-14)21(22,23)24/h3-4,7-8,10-11,13,27H,5-6,9,12H2,1-2H3/t20-/m0/s1. The van der Waals surface area contributed by atoms with Crippen LogP contribution in [0.25, 0.3) is 11.1 Å². The second kappa shape index (κ2) is 7.47. The molecule has 2 aromatic carbocycles. The first-order valence-corrected chi connectivity index (χ1v) is 9.02. The Balaban J connectivity index is 1.77. The number of alkyl halides is 3. The zero-order valence-electron chi connectivity index (χ0n) is 15.7. The Morgan fingerprint density at radius 3 is 2.43 bits per heavy atom. The molecule has 7 heteroatoms. The maximum Gasteiger partial charge on any atom is 0.425 e. The summed E-state index contributed by atoms with van der Waals surface area (Å²) in [6.07, 6.45) is -3.25. The number of carbonyl (C=O) groups excluding carboxylic acids is 1. The summed E-state index contributed by atoms with van der Waals surface area (Å²) >= 11 is 0. The number of aliphatic hydroxyl groups is 1. The topological polar surface area (TPSA) is 49.8 Å². The highest BCUT2D eigenvalue weighted by atomic mass is 19.4. The van der Waals surface area contributed by atoms with Gasteiger partial charge in [-0.2, -0.15) is 13.2 Å². The number of hydrogen-bond acceptors (Lipinski definition) is 3. The zero-order valence-corrected chi connectivity index (χ0v) is 15.7. The van der Waals surface area contributed by atoms with Crippen LogP contribution in [0.3, 0.4) is 0 Å². The van der Waals surface area contributed by atoms with E-state index in [0.29, 0.717) is 30.4 Å². The van der Waals surface area contributed by atoms with Crippen molar-refractivity contribution < 1.29 is 27.8 Å². The van der Waals surface area contributed by atoms with Gasteiger partial charge in [0.2, 0.25) is 11.5 Å². The van der Waals surface area contributed by atoms with Crippen LogP contribution in [0.4, 0.5) is 13.2 Å². The highest BCUT2D eigenvalue weighted by Crippen LogP contribution is 2.55. The van der Waals surface area contributed by atoms with Gasteiger partial charge in [-0.15, -0.1) is 0 Å². The lowest BCUT2D eigenvalue weighted by atomic mass is 9.91. The van der Waals surface area contributed by atoms with Crippen molar-refractivity contribution in [1.29, 1.82) is 0 Å². The fraction of sp³-hybridized carbons (Fsp3) is 0.381. The van der Waals surface area contributed by atoms with E-state index >= 15 is 0 Å². The van der Waals surface area contributed by atoms with E-state index in [9.17, 15) is 23.1 Å². The lowest BCUT2D eigenvalue weighted by molar-refractivity contribution is -0.246. The first-order valence-electron chi connectivity index (χ1n) is 9.02. The van der Waals surface area contributed by atoms with Crippen LogP contribution in [0, 0.1) is 0 Å². The van der Waals surface area contributed by atoms with Gasteiger partial charge in [-0.3, -0.25) is 4.79 Å². The summed E-state index contributed by atoms with van der Waals surface area (Å²) in [4.78, 5) is 13.0. The first kappa shape index (κ1) is 20.2. The Morgan fingerprint density at radius 1 is 1.07 bits per heavy atom. The van der Waals surface area contributed by atoms with Crippen LogP contribution in [-0.4, -0.2) is 42.8 Å². The van der Waals surface area contributed by atoms with Gasteiger partial charge in [0.25, 0.3) is 0 Å². The molecule has 0 aliphatic heterocycles. The Bertz CT molecular complexity index is 879. The Hall–Kier alpha value is -2.54. The number of rotatable bonds is 6. The van der Waals surface area contributed by atoms with E-state index in [1.807, 2.05) is 0 Å². The number of amides is 1. The quantitative estimate of drug-likeness (QED) is 0.752. The molecule has 0 aromatic heterocycles. The second-order valence-electron chi connectivity index (χ2n) is 7.05. The second-order valence-corrected chi connectivity index (χ2v) is 7.05. The molecule has 0 saturated carbocycles. The third-order valence-corrected chi connectivity index (χ3v) is 4.95. The molecule has 3 rings (SSSR count). The van der Waals surface area contributed by atoms with E-state index < -0.39 is 11.8 Å². The van der Waals surface area contributed by atoms with Crippen molar-refractivity contribution in [1.82, 2.24) is 4.90 Å². The summed E-state index contributed by atoms with van der Waals surface area (Å²) in [7, 11) is 3.37. The summed E-state index contributed by atoms with van der Waals surface area (Å²) in [5, 5.41) is 10.7. The number of nitrogens with zero attached hydrogens (tertiary/aromatic N) is 1. The van der Waals surface area contributed by atoms with Gasteiger partial charge in [-0.1, -0.05) is 30.3 Å². The molecule has 4 nitrogen and oxygen atoms in total. The molecule has 0 radical (unpaired) electrons. The molecule has 2 aromatic rings. The molecule has 0 bridgehead atoms. The van der Waals surface area contributed by atoms with Crippen molar-refractivity contribution >= 4 is 5.91 Å². The summed E-state index contributed by atoms with van der Waals surface area (Å²) < 4.78 is 47.0. The van der Waals surface area contributed by atoms with E-state index in [4.69, 9.17) is 4.74 Å². The van der Waals surface area contributed by atoms with Crippen molar-refractivity contribution in [2.75, 3.05) is 20.7 Å². The predicted molar refractivity (Wildman–Crippen MR) is 99.0 cm³/mol. The highest BCUT2D eigenvalue weighted by molar-refractivity contribution is 5.81. The van der Waals surface area contributed by atoms with Crippen molar-refractivity contribution in [2.24, 2.45) is 0 Å². The SMILES string of the molecule is CN(C)C(=O)CCCCOc1ccc2c(c1)[C@](O)(C(F)(F)F)c1ccccc1-2. The monoisotopic (exact) mass is 393 g/mol. The van der Waals surface area contributed by atoms with E-state index in [1.54, 1.807) is 38.4 Å². The molecule has 28 heavy (non-hydrogen) atoms. The number of benzene rings is 2. The van der Waals surface area contributed by atoms with Crippen LogP contribution in [0.1, 0.15) is 30.4 Å². The number of fused-ring (bicyclic) bond motifs is 3. The molecule has 0 unspecified atom stereocenters. The molecule has 150 valence electrons. The van der Waals surface area contributed by atoms with E-state index in [0.717, 1.165) is 0 Å². The van der Waals surface area contributed by atoms with Crippen molar-refractivity contribution in [3.8, 4) is 16.9 Å². The van der Waals surface area contributed by atoms with Crippen molar-refractivity contribution in [3.63, 3.8) is 0 Å². The third-order valence-electron chi connectivity index (χ3n) is 4.95. The molecule has 0 saturated heterocycles. The average Bonchev–Trinajstić information content (AvgIpc) is 2.91. The van der Waals surface area contributed by atoms with E-state index in [2.05, 4.69) is 0 Å². The smallest absolute Gasteiger partial charge is 0.425 e. The lowest BCUT2D eigenvalue weighted by Gasteiger charge is -2.28. The summed E-state index contributed by atoms with van der Waals surface area (Å²) in [6.45, 7) is 0.275. The Kier molecular flexibility index (Phi) is 5.39. The van der Waals surface area contributed by atoms with Gasteiger partial charge >= 0.3 is 6.18 Å². The average molecular weight is 393 g/mol. The largest absolute Gasteiger partial charge is 0.494 e. The van der Waals surface area contributed by atoms with Crippen LogP contribution in [0.15, 0.2) is 42.5 Å². The van der Waals surface area contributed by atoms with Gasteiger partial charge < -0.3 is 14.7 Å². The first-order chi connectivity index (χ1) is 13.2. The molecule has 0 spiro atoms. The normalized spacial score (nSPS) is 17.8. The van der Waals surface area contributed by atoms with Crippen LogP contribution in [0.2, 0.25) is 0 Å². The van der Waals surface area contributed by atoms with Gasteiger partial charge in [0.1, 0.15) is 5.75 Å². The Labute approximate surface area is 161 Å². The van der Waals surface area contributed by atoms with Crippen LogP contribution in [0.5, 0.6) is 5.75 Å². The zero-order chi connectivity index (χ0) is 20.5. The van der Waals surface area contributed by atoms with Crippen LogP contribution < -0.4 is 4.74 Å². The minimum Gasteiger partial charge on any atom is -0.494 e. The molecule has 1 amide bonds. The van der Waals surface area contributed by atoms with Crippen LogP contribution >= 0.6 is 0 Å². The third kappa shape index (κ3) is 3.46. The van der Waals surface area contributed by atoms with E-state index in [1.165, 1.54) is 23.1 Å². The molecular weight excluding hydrogens is 371 g/mol. The van der Waals surface area contributed by atoms with Crippen LogP contribution in [-0.2, 0) is 10.4 Å². The van der Waals surface area contributed by atoms with Gasteiger partial charge in [0.15, 0.2) is 0 Å². The molecule has 1 aliphatic rings. The summed E-state index contributed by atoms with van der Waals surface area (Å²) in [6, 6.07) is 10.4. The van der Waals surface area contributed by atoms with Gasteiger partial charge in [-0.05, 0) is 36.1 Å². The minimum absolute atomic E-state index is 0.0190. The molecule has 1 aliphatic carbocycles. The number of carbonyl (C=O) groups is 1. The molecule has 0 fully saturated rings. The number of ether oxygens (including phenoxy) is 1. The fourth-order valence-corrected chi connectivity index (χ4v) is 3.42. The maximum absolute atomic E-state index is 13.8. The molecule has 1 N–H and O–H groups in total. The van der Waals surface area contributed by atoms with Gasteiger partial charge in [0, 0.05) is 31.6 Å². The molecular formula is C21H22F3NO3. The Morgan fingerprint density at radius 2 is 1.75 bits per heavy atom. The van der Waals surface area contributed by atoms with Gasteiger partial charge in [0.05, 0.1) is 6.61 Å². The van der Waals surface area contributed by atoms with Gasteiger partial charge in [-0.25, -0.2) is 0 Å². The number of halogens is 3. The maximum atomic E-state index is 13.8. The lowest BCUT2D eigenvalue weighted by Crippen LogP contribution is -2.41. The summed E-state index contributed by atoms with van der Waals surface area (Å²) in [5.74, 6) is 0.277. The number of hydrogen-bond donors (Lipinski definition) is 1. The fourth-order valence-electron chi connectivity index (χ4n) is 3.42. The summed E-state index contributed by atoms with van der Waals surface area (Å²) in [5.41, 5.74) is -2.74. The minimum atomic E-state index is -4.86. The highest BCUT2D eigenvalue weighted by Gasteiger charge is 2.60. The van der Waals surface area contributed by atoms with Crippen molar-refractivity contribution in [2.45, 2.75) is 31.0 Å². The van der Waals surface area contributed by atoms with E-state index in [-0.39, 0.29) is 29.4 Å². The number of unbranched alkanes of at least 4 members (excludes halogenated alkanes) is 1. The predicted octanol–water partition coefficient (Wildman–Crippen LogP) is 4.10.